The van der Waals surface area contributed by atoms with Crippen LogP contribution in [0.1, 0.15) is 22.0 Å². The highest BCUT2D eigenvalue weighted by molar-refractivity contribution is 7.10. The quantitative estimate of drug-likeness (QED) is 0.919. The van der Waals surface area contributed by atoms with Crippen LogP contribution in [0.3, 0.4) is 0 Å². The van der Waals surface area contributed by atoms with E-state index in [0.29, 0.717) is 6.42 Å². The first-order valence-electron chi connectivity index (χ1n) is 5.74. The molecule has 4 heteroatoms. The second kappa shape index (κ2) is 5.50. The van der Waals surface area contributed by atoms with Crippen molar-refractivity contribution in [2.24, 2.45) is 5.73 Å². The van der Waals surface area contributed by atoms with Crippen molar-refractivity contribution in [3.05, 3.63) is 51.5 Å². The first-order chi connectivity index (χ1) is 8.61. The Hall–Kier alpha value is -1.39. The zero-order valence-corrected chi connectivity index (χ0v) is 11.3. The fraction of sp³-hybridized carbons (Fsp3) is 0.286. The molecule has 2 rings (SSSR count). The number of hydrogen-bond acceptors (Lipinski definition) is 3. The fourth-order valence-electron chi connectivity index (χ4n) is 1.95. The molecular formula is C14H16FNOS. The monoisotopic (exact) mass is 265 g/mol. The van der Waals surface area contributed by atoms with Crippen LogP contribution >= 0.6 is 11.3 Å². The molecule has 1 aromatic carbocycles. The Labute approximate surface area is 110 Å². The summed E-state index contributed by atoms with van der Waals surface area (Å²) >= 11 is 1.65. The molecule has 0 radical (unpaired) electrons. The second-order valence-electron chi connectivity index (χ2n) is 4.25. The summed E-state index contributed by atoms with van der Waals surface area (Å²) in [5, 5.41) is 2.03. The number of rotatable bonds is 4. The average molecular weight is 265 g/mol. The highest BCUT2D eigenvalue weighted by atomic mass is 32.1. The number of ether oxygens (including phenoxy) is 1. The summed E-state index contributed by atoms with van der Waals surface area (Å²) in [6.07, 6.45) is 0.627. The van der Waals surface area contributed by atoms with Crippen molar-refractivity contribution < 1.29 is 9.13 Å². The highest BCUT2D eigenvalue weighted by Gasteiger charge is 2.12. The molecular weight excluding hydrogens is 249 g/mol. The van der Waals surface area contributed by atoms with Crippen molar-refractivity contribution in [3.63, 3.8) is 0 Å². The van der Waals surface area contributed by atoms with E-state index in [-0.39, 0.29) is 17.6 Å². The lowest BCUT2D eigenvalue weighted by Gasteiger charge is -2.12. The maximum Gasteiger partial charge on any atom is 0.165 e. The Morgan fingerprint density at radius 2 is 2.17 bits per heavy atom. The normalized spacial score (nSPS) is 12.4. The van der Waals surface area contributed by atoms with Crippen LogP contribution in [0.4, 0.5) is 4.39 Å². The van der Waals surface area contributed by atoms with Crippen LogP contribution in [-0.4, -0.2) is 7.11 Å². The number of methoxy groups -OCH3 is 1. The molecule has 1 atom stereocenters. The Morgan fingerprint density at radius 3 is 2.72 bits per heavy atom. The zero-order valence-electron chi connectivity index (χ0n) is 10.4. The molecule has 0 aliphatic carbocycles. The Kier molecular flexibility index (Phi) is 3.99. The Morgan fingerprint density at radius 1 is 1.39 bits per heavy atom. The van der Waals surface area contributed by atoms with Crippen LogP contribution in [0.5, 0.6) is 5.75 Å². The molecule has 0 spiro atoms. The van der Waals surface area contributed by atoms with Gasteiger partial charge in [0.15, 0.2) is 11.6 Å². The lowest BCUT2D eigenvalue weighted by Crippen LogP contribution is -2.13. The van der Waals surface area contributed by atoms with E-state index < -0.39 is 0 Å². The van der Waals surface area contributed by atoms with Gasteiger partial charge in [-0.25, -0.2) is 4.39 Å². The van der Waals surface area contributed by atoms with Gasteiger partial charge in [0, 0.05) is 10.9 Å². The predicted molar refractivity (Wildman–Crippen MR) is 72.6 cm³/mol. The first kappa shape index (κ1) is 13.1. The van der Waals surface area contributed by atoms with Crippen LogP contribution in [0.2, 0.25) is 0 Å². The van der Waals surface area contributed by atoms with E-state index >= 15 is 0 Å². The van der Waals surface area contributed by atoms with Crippen molar-refractivity contribution in [3.8, 4) is 5.75 Å². The molecule has 0 amide bonds. The molecule has 96 valence electrons. The van der Waals surface area contributed by atoms with E-state index in [2.05, 4.69) is 6.07 Å². The Balaban J connectivity index is 2.15. The maximum absolute atomic E-state index is 13.6. The number of halogens is 1. The molecule has 1 unspecified atom stereocenters. The second-order valence-corrected chi connectivity index (χ2v) is 5.20. The smallest absolute Gasteiger partial charge is 0.165 e. The van der Waals surface area contributed by atoms with E-state index in [0.717, 1.165) is 10.4 Å². The molecule has 2 nitrogen and oxygen atoms in total. The number of aryl methyl sites for hydroxylation is 1. The summed E-state index contributed by atoms with van der Waals surface area (Å²) in [4.78, 5) is 1.16. The van der Waals surface area contributed by atoms with Crippen molar-refractivity contribution in [1.82, 2.24) is 0 Å². The van der Waals surface area contributed by atoms with Crippen molar-refractivity contribution >= 4 is 11.3 Å². The van der Waals surface area contributed by atoms with E-state index in [1.807, 2.05) is 18.4 Å². The van der Waals surface area contributed by atoms with E-state index in [4.69, 9.17) is 10.5 Å². The van der Waals surface area contributed by atoms with Crippen molar-refractivity contribution in [1.29, 1.82) is 0 Å². The largest absolute Gasteiger partial charge is 0.494 e. The minimum absolute atomic E-state index is 0.0854. The topological polar surface area (TPSA) is 35.2 Å². The summed E-state index contributed by atoms with van der Waals surface area (Å²) in [5.41, 5.74) is 8.23. The molecule has 0 saturated carbocycles. The summed E-state index contributed by atoms with van der Waals surface area (Å²) < 4.78 is 18.5. The van der Waals surface area contributed by atoms with Crippen LogP contribution in [-0.2, 0) is 6.42 Å². The van der Waals surface area contributed by atoms with Crippen LogP contribution < -0.4 is 10.5 Å². The summed E-state index contributed by atoms with van der Waals surface area (Å²) in [7, 11) is 1.46. The van der Waals surface area contributed by atoms with E-state index in [1.165, 1.54) is 18.7 Å². The van der Waals surface area contributed by atoms with Gasteiger partial charge in [-0.1, -0.05) is 6.07 Å². The lowest BCUT2D eigenvalue weighted by atomic mass is 10.0. The van der Waals surface area contributed by atoms with Crippen molar-refractivity contribution in [2.45, 2.75) is 19.4 Å². The Bertz CT molecular complexity index is 538. The third-order valence-electron chi connectivity index (χ3n) is 2.91. The van der Waals surface area contributed by atoms with Gasteiger partial charge in [0.1, 0.15) is 0 Å². The summed E-state index contributed by atoms with van der Waals surface area (Å²) in [5.74, 6) is -0.0790. The molecule has 0 aliphatic heterocycles. The lowest BCUT2D eigenvalue weighted by molar-refractivity contribution is 0.386. The van der Waals surface area contributed by atoms with Gasteiger partial charge in [0.05, 0.1) is 7.11 Å². The van der Waals surface area contributed by atoms with Gasteiger partial charge in [0.2, 0.25) is 0 Å². The average Bonchev–Trinajstić information content (AvgIpc) is 2.76. The summed E-state index contributed by atoms with van der Waals surface area (Å²) in [6.45, 7) is 2.04. The third-order valence-corrected chi connectivity index (χ3v) is 4.06. The summed E-state index contributed by atoms with van der Waals surface area (Å²) in [6, 6.07) is 6.94. The van der Waals surface area contributed by atoms with Gasteiger partial charge in [-0.3, -0.25) is 0 Å². The maximum atomic E-state index is 13.6. The highest BCUT2D eigenvalue weighted by Crippen LogP contribution is 2.26. The number of hydrogen-bond donors (Lipinski definition) is 1. The van der Waals surface area contributed by atoms with Gasteiger partial charge in [-0.05, 0) is 48.1 Å². The SMILES string of the molecule is COc1ccc(CC(N)c2sccc2C)cc1F. The standard InChI is InChI=1S/C14H16FNOS/c1-9-5-6-18-14(9)12(16)8-10-3-4-13(17-2)11(15)7-10/h3-7,12H,8,16H2,1-2H3. The predicted octanol–water partition coefficient (Wildman–Crippen LogP) is 3.45. The van der Waals surface area contributed by atoms with Crippen LogP contribution in [0.15, 0.2) is 29.6 Å². The molecule has 18 heavy (non-hydrogen) atoms. The number of nitrogens with two attached hydrogens (primary N) is 1. The van der Waals surface area contributed by atoms with Gasteiger partial charge in [-0.2, -0.15) is 0 Å². The molecule has 2 N–H and O–H groups in total. The van der Waals surface area contributed by atoms with Crippen LogP contribution in [0, 0.1) is 12.7 Å². The molecule has 0 bridgehead atoms. The zero-order chi connectivity index (χ0) is 13.1. The molecule has 0 aliphatic rings. The molecule has 1 heterocycles. The van der Waals surface area contributed by atoms with Crippen LogP contribution in [0.25, 0.3) is 0 Å². The number of thiophene rings is 1. The molecule has 2 aromatic rings. The third kappa shape index (κ3) is 2.71. The van der Waals surface area contributed by atoms with Gasteiger partial charge in [-0.15, -0.1) is 11.3 Å². The fourth-order valence-corrected chi connectivity index (χ4v) is 2.88. The minimum Gasteiger partial charge on any atom is -0.494 e. The number of benzene rings is 1. The first-order valence-corrected chi connectivity index (χ1v) is 6.61. The van der Waals surface area contributed by atoms with Gasteiger partial charge < -0.3 is 10.5 Å². The van der Waals surface area contributed by atoms with Crippen molar-refractivity contribution in [2.75, 3.05) is 7.11 Å². The van der Waals surface area contributed by atoms with Gasteiger partial charge >= 0.3 is 0 Å². The molecule has 0 saturated heterocycles. The molecule has 1 aromatic heterocycles. The minimum atomic E-state index is -0.342. The van der Waals surface area contributed by atoms with E-state index in [1.54, 1.807) is 17.4 Å². The molecule has 0 fully saturated rings. The van der Waals surface area contributed by atoms with E-state index in [9.17, 15) is 4.39 Å². The van der Waals surface area contributed by atoms with Gasteiger partial charge in [0.25, 0.3) is 0 Å².